The number of amides is 1. The van der Waals surface area contributed by atoms with Crippen molar-refractivity contribution in [2.45, 2.75) is 13.0 Å². The topological polar surface area (TPSA) is 110 Å². The summed E-state index contributed by atoms with van der Waals surface area (Å²) < 4.78 is 26.1. The van der Waals surface area contributed by atoms with Crippen molar-refractivity contribution in [1.82, 2.24) is 0 Å². The second kappa shape index (κ2) is 7.83. The number of nitro groups is 1. The van der Waals surface area contributed by atoms with Crippen LogP contribution in [0.3, 0.4) is 0 Å². The lowest BCUT2D eigenvalue weighted by atomic mass is 10.2. The molecule has 1 atom stereocenters. The number of halogens is 1. The average molecular weight is 442 g/mol. The van der Waals surface area contributed by atoms with Crippen molar-refractivity contribution in [1.29, 1.82) is 0 Å². The molecular weight excluding hydrogens is 426 g/mol. The van der Waals surface area contributed by atoms with Gasteiger partial charge in [-0.2, -0.15) is 0 Å². The SMILES string of the molecule is C[C@H](C(=O)Nc1ccc(Br)cc1)N(c1cccc([N+](=O)[O-])c1)S(C)(=O)=O. The van der Waals surface area contributed by atoms with Gasteiger partial charge in [0.05, 0.1) is 16.9 Å². The van der Waals surface area contributed by atoms with Crippen LogP contribution in [0.2, 0.25) is 0 Å². The number of hydrogen-bond acceptors (Lipinski definition) is 5. The highest BCUT2D eigenvalue weighted by atomic mass is 79.9. The first-order valence-electron chi connectivity index (χ1n) is 7.40. The molecule has 2 aromatic carbocycles. The smallest absolute Gasteiger partial charge is 0.271 e. The molecule has 1 amide bonds. The number of sulfonamides is 1. The van der Waals surface area contributed by atoms with Gasteiger partial charge in [0, 0.05) is 22.3 Å². The van der Waals surface area contributed by atoms with Crippen molar-refractivity contribution >= 4 is 48.9 Å². The monoisotopic (exact) mass is 441 g/mol. The highest BCUT2D eigenvalue weighted by molar-refractivity contribution is 9.10. The van der Waals surface area contributed by atoms with E-state index in [2.05, 4.69) is 21.2 Å². The van der Waals surface area contributed by atoms with Crippen molar-refractivity contribution in [3.63, 3.8) is 0 Å². The number of nitro benzene ring substituents is 1. The molecule has 0 aromatic heterocycles. The molecule has 0 aliphatic heterocycles. The number of carbonyl (C=O) groups excluding carboxylic acids is 1. The number of benzene rings is 2. The zero-order valence-corrected chi connectivity index (χ0v) is 16.3. The van der Waals surface area contributed by atoms with E-state index >= 15 is 0 Å². The third kappa shape index (κ3) is 4.79. The molecule has 0 fully saturated rings. The zero-order chi connectivity index (χ0) is 19.5. The van der Waals surface area contributed by atoms with Crippen LogP contribution >= 0.6 is 15.9 Å². The Labute approximate surface area is 159 Å². The van der Waals surface area contributed by atoms with Crippen LogP contribution in [-0.2, 0) is 14.8 Å². The van der Waals surface area contributed by atoms with E-state index in [-0.39, 0.29) is 11.4 Å². The summed E-state index contributed by atoms with van der Waals surface area (Å²) >= 11 is 3.28. The van der Waals surface area contributed by atoms with Gasteiger partial charge in [0.1, 0.15) is 6.04 Å². The van der Waals surface area contributed by atoms with Gasteiger partial charge in [0.15, 0.2) is 0 Å². The van der Waals surface area contributed by atoms with Gasteiger partial charge in [-0.05, 0) is 37.3 Å². The Bertz CT molecular complexity index is 931. The number of anilines is 2. The molecule has 0 radical (unpaired) electrons. The highest BCUT2D eigenvalue weighted by Crippen LogP contribution is 2.26. The van der Waals surface area contributed by atoms with Crippen LogP contribution in [0.5, 0.6) is 0 Å². The van der Waals surface area contributed by atoms with E-state index in [1.54, 1.807) is 24.3 Å². The first kappa shape index (κ1) is 19.9. The minimum atomic E-state index is -3.86. The molecule has 0 saturated carbocycles. The molecule has 2 aromatic rings. The minimum absolute atomic E-state index is 0.0418. The standard InChI is InChI=1S/C16H16BrN3O5S/c1-11(16(21)18-13-8-6-12(17)7-9-13)19(26(2,24)25)14-4-3-5-15(10-14)20(22)23/h3-11H,1-2H3,(H,18,21)/t11-/m1/s1. The Morgan fingerprint density at radius 3 is 2.38 bits per heavy atom. The fourth-order valence-electron chi connectivity index (χ4n) is 2.33. The second-order valence-corrected chi connectivity index (χ2v) is 8.28. The molecule has 1 N–H and O–H groups in total. The predicted molar refractivity (Wildman–Crippen MR) is 103 cm³/mol. The number of carbonyl (C=O) groups is 1. The van der Waals surface area contributed by atoms with Crippen LogP contribution in [0.15, 0.2) is 53.0 Å². The molecule has 2 rings (SSSR count). The van der Waals surface area contributed by atoms with Crippen LogP contribution in [-0.4, -0.2) is 31.5 Å². The molecule has 0 spiro atoms. The van der Waals surface area contributed by atoms with E-state index in [0.717, 1.165) is 21.1 Å². The molecule has 10 heteroatoms. The fraction of sp³-hybridized carbons (Fsp3) is 0.188. The summed E-state index contributed by atoms with van der Waals surface area (Å²) in [4.78, 5) is 22.8. The van der Waals surface area contributed by atoms with Crippen LogP contribution < -0.4 is 9.62 Å². The Hall–Kier alpha value is -2.46. The summed E-state index contributed by atoms with van der Waals surface area (Å²) in [7, 11) is -3.86. The molecule has 26 heavy (non-hydrogen) atoms. The van der Waals surface area contributed by atoms with Crippen molar-refractivity contribution in [3.8, 4) is 0 Å². The number of rotatable bonds is 6. The number of non-ortho nitro benzene ring substituents is 1. The summed E-state index contributed by atoms with van der Waals surface area (Å²) in [6.07, 6.45) is 0.940. The molecule has 0 aliphatic rings. The van der Waals surface area contributed by atoms with Crippen molar-refractivity contribution in [3.05, 3.63) is 63.1 Å². The van der Waals surface area contributed by atoms with Crippen molar-refractivity contribution < 1.29 is 18.1 Å². The van der Waals surface area contributed by atoms with E-state index in [1.807, 2.05) is 0 Å². The van der Waals surface area contributed by atoms with Gasteiger partial charge in [-0.1, -0.05) is 22.0 Å². The molecule has 0 aliphatic carbocycles. The first-order valence-corrected chi connectivity index (χ1v) is 10.0. The van der Waals surface area contributed by atoms with E-state index in [4.69, 9.17) is 0 Å². The van der Waals surface area contributed by atoms with Crippen LogP contribution in [0.25, 0.3) is 0 Å². The second-order valence-electron chi connectivity index (χ2n) is 5.51. The normalized spacial score (nSPS) is 12.3. The fourth-order valence-corrected chi connectivity index (χ4v) is 3.76. The van der Waals surface area contributed by atoms with Crippen LogP contribution in [0.4, 0.5) is 17.1 Å². The van der Waals surface area contributed by atoms with Crippen molar-refractivity contribution in [2.75, 3.05) is 15.9 Å². The Morgan fingerprint density at radius 2 is 1.85 bits per heavy atom. The van der Waals surface area contributed by atoms with E-state index < -0.39 is 26.9 Å². The molecule has 0 saturated heterocycles. The van der Waals surface area contributed by atoms with Gasteiger partial charge in [0.2, 0.25) is 15.9 Å². The molecule has 0 heterocycles. The quantitative estimate of drug-likeness (QED) is 0.546. The lowest BCUT2D eigenvalue weighted by Crippen LogP contribution is -2.45. The third-order valence-corrected chi connectivity index (χ3v) is 5.27. The van der Waals surface area contributed by atoms with E-state index in [9.17, 15) is 23.3 Å². The molecule has 138 valence electrons. The maximum atomic E-state index is 12.5. The summed E-state index contributed by atoms with van der Waals surface area (Å²) in [6, 6.07) is 10.8. The van der Waals surface area contributed by atoms with Gasteiger partial charge in [0.25, 0.3) is 5.69 Å². The average Bonchev–Trinajstić information content (AvgIpc) is 2.56. The van der Waals surface area contributed by atoms with Gasteiger partial charge >= 0.3 is 0 Å². The van der Waals surface area contributed by atoms with Crippen molar-refractivity contribution in [2.24, 2.45) is 0 Å². The molecule has 0 bridgehead atoms. The van der Waals surface area contributed by atoms with E-state index in [1.165, 1.54) is 25.1 Å². The first-order chi connectivity index (χ1) is 12.1. The lowest BCUT2D eigenvalue weighted by molar-refractivity contribution is -0.384. The van der Waals surface area contributed by atoms with Crippen LogP contribution in [0, 0.1) is 10.1 Å². The Morgan fingerprint density at radius 1 is 1.23 bits per heavy atom. The molecule has 0 unspecified atom stereocenters. The maximum Gasteiger partial charge on any atom is 0.271 e. The molecular formula is C16H16BrN3O5S. The number of hydrogen-bond donors (Lipinski definition) is 1. The van der Waals surface area contributed by atoms with Gasteiger partial charge in [-0.15, -0.1) is 0 Å². The zero-order valence-electron chi connectivity index (χ0n) is 13.9. The van der Waals surface area contributed by atoms with Crippen LogP contribution in [0.1, 0.15) is 6.92 Å². The summed E-state index contributed by atoms with van der Waals surface area (Å²) in [6.45, 7) is 1.41. The van der Waals surface area contributed by atoms with Gasteiger partial charge in [-0.3, -0.25) is 19.2 Å². The summed E-state index contributed by atoms with van der Waals surface area (Å²) in [5, 5.41) is 13.6. The Balaban J connectivity index is 2.34. The predicted octanol–water partition coefficient (Wildman–Crippen LogP) is 3.15. The minimum Gasteiger partial charge on any atom is -0.324 e. The largest absolute Gasteiger partial charge is 0.324 e. The highest BCUT2D eigenvalue weighted by Gasteiger charge is 2.30. The number of nitrogens with zero attached hydrogens (tertiary/aromatic N) is 2. The lowest BCUT2D eigenvalue weighted by Gasteiger charge is -2.28. The molecule has 8 nitrogen and oxygen atoms in total. The Kier molecular flexibility index (Phi) is 5.98. The third-order valence-electron chi connectivity index (χ3n) is 3.50. The van der Waals surface area contributed by atoms with E-state index in [0.29, 0.717) is 5.69 Å². The summed E-state index contributed by atoms with van der Waals surface area (Å²) in [5.41, 5.74) is 0.273. The van der Waals surface area contributed by atoms with Gasteiger partial charge < -0.3 is 5.32 Å². The maximum absolute atomic E-state index is 12.5. The summed E-state index contributed by atoms with van der Waals surface area (Å²) in [5.74, 6) is -0.566. The van der Waals surface area contributed by atoms with Gasteiger partial charge in [-0.25, -0.2) is 8.42 Å². The number of nitrogens with one attached hydrogen (secondary N) is 1.